The number of hydrogen-bond donors (Lipinski definition) is 1. The van der Waals surface area contributed by atoms with Crippen molar-refractivity contribution < 1.29 is 4.79 Å². The van der Waals surface area contributed by atoms with E-state index in [1.54, 1.807) is 17.2 Å². The van der Waals surface area contributed by atoms with E-state index in [0.29, 0.717) is 18.8 Å². The van der Waals surface area contributed by atoms with E-state index < -0.39 is 0 Å². The first-order chi connectivity index (χ1) is 6.68. The van der Waals surface area contributed by atoms with Crippen molar-refractivity contribution in [2.24, 2.45) is 5.73 Å². The summed E-state index contributed by atoms with van der Waals surface area (Å²) in [6, 6.07) is 3.31. The summed E-state index contributed by atoms with van der Waals surface area (Å²) in [6.45, 7) is 0.661. The van der Waals surface area contributed by atoms with Gasteiger partial charge in [0.05, 0.1) is 6.04 Å². The molecule has 1 atom stereocenters. The third kappa shape index (κ3) is 1.65. The topological polar surface area (TPSA) is 59.2 Å². The first kappa shape index (κ1) is 9.61. The lowest BCUT2D eigenvalue weighted by molar-refractivity contribution is -0.118. The second kappa shape index (κ2) is 3.67. The van der Waals surface area contributed by atoms with E-state index in [0.717, 1.165) is 4.47 Å². The van der Waals surface area contributed by atoms with Crippen molar-refractivity contribution in [2.45, 2.75) is 12.5 Å². The zero-order valence-electron chi connectivity index (χ0n) is 7.48. The molecule has 0 radical (unpaired) electrons. The monoisotopic (exact) mass is 255 g/mol. The zero-order valence-corrected chi connectivity index (χ0v) is 9.07. The van der Waals surface area contributed by atoms with Gasteiger partial charge in [0, 0.05) is 17.2 Å². The van der Waals surface area contributed by atoms with Crippen LogP contribution in [-0.4, -0.2) is 23.5 Å². The third-order valence-electron chi connectivity index (χ3n) is 2.24. The molecule has 1 aliphatic rings. The smallest absolute Gasteiger partial charge is 0.245 e. The number of rotatable bonds is 1. The van der Waals surface area contributed by atoms with Crippen molar-refractivity contribution in [3.05, 3.63) is 22.8 Å². The summed E-state index contributed by atoms with van der Waals surface area (Å²) in [7, 11) is 0. The van der Waals surface area contributed by atoms with Gasteiger partial charge in [0.2, 0.25) is 5.91 Å². The average molecular weight is 256 g/mol. The predicted molar refractivity (Wildman–Crippen MR) is 56.9 cm³/mol. The van der Waals surface area contributed by atoms with E-state index in [1.165, 1.54) is 0 Å². The summed E-state index contributed by atoms with van der Waals surface area (Å²) >= 11 is 3.29. The van der Waals surface area contributed by atoms with Gasteiger partial charge in [0.1, 0.15) is 5.82 Å². The summed E-state index contributed by atoms with van der Waals surface area (Å²) in [4.78, 5) is 17.3. The number of amides is 1. The van der Waals surface area contributed by atoms with Crippen LogP contribution in [0.4, 0.5) is 5.82 Å². The van der Waals surface area contributed by atoms with Gasteiger partial charge in [-0.05, 0) is 34.5 Å². The fourth-order valence-corrected chi connectivity index (χ4v) is 1.69. The minimum Gasteiger partial charge on any atom is -0.320 e. The van der Waals surface area contributed by atoms with Crippen LogP contribution in [0.15, 0.2) is 22.8 Å². The van der Waals surface area contributed by atoms with E-state index in [9.17, 15) is 4.79 Å². The molecule has 14 heavy (non-hydrogen) atoms. The Morgan fingerprint density at radius 2 is 2.36 bits per heavy atom. The highest BCUT2D eigenvalue weighted by atomic mass is 79.9. The Kier molecular flexibility index (Phi) is 2.52. The fourth-order valence-electron chi connectivity index (χ4n) is 1.46. The second-order valence-electron chi connectivity index (χ2n) is 3.22. The van der Waals surface area contributed by atoms with Gasteiger partial charge in [0.15, 0.2) is 0 Å². The van der Waals surface area contributed by atoms with Crippen molar-refractivity contribution >= 4 is 27.7 Å². The molecule has 1 aromatic heterocycles. The molecule has 1 aliphatic heterocycles. The molecule has 0 spiro atoms. The molecule has 0 bridgehead atoms. The van der Waals surface area contributed by atoms with E-state index in [1.807, 2.05) is 6.07 Å². The van der Waals surface area contributed by atoms with Crippen molar-refractivity contribution in [2.75, 3.05) is 11.4 Å². The van der Waals surface area contributed by atoms with Gasteiger partial charge < -0.3 is 5.73 Å². The molecule has 1 saturated heterocycles. The van der Waals surface area contributed by atoms with Crippen molar-refractivity contribution in [1.82, 2.24) is 4.98 Å². The molecule has 2 N–H and O–H groups in total. The largest absolute Gasteiger partial charge is 0.320 e. The Morgan fingerprint density at radius 1 is 1.57 bits per heavy atom. The number of aromatic nitrogens is 1. The van der Waals surface area contributed by atoms with E-state index >= 15 is 0 Å². The number of nitrogens with zero attached hydrogens (tertiary/aromatic N) is 2. The molecule has 4 nitrogen and oxygen atoms in total. The van der Waals surface area contributed by atoms with Crippen molar-refractivity contribution in [1.29, 1.82) is 0 Å². The SMILES string of the molecule is NC1CCN(c2ccc(Br)cn2)C1=O. The molecule has 0 aromatic carbocycles. The maximum atomic E-state index is 11.5. The Hall–Kier alpha value is -0.940. The summed E-state index contributed by atoms with van der Waals surface area (Å²) in [5.41, 5.74) is 5.61. The number of nitrogens with two attached hydrogens (primary N) is 1. The summed E-state index contributed by atoms with van der Waals surface area (Å²) in [5.74, 6) is 0.631. The number of carbonyl (C=O) groups excluding carboxylic acids is 1. The standard InChI is InChI=1S/C9H10BrN3O/c10-6-1-2-8(12-5-6)13-4-3-7(11)9(13)14/h1-2,5,7H,3-4,11H2. The minimum absolute atomic E-state index is 0.0418. The molecule has 2 heterocycles. The van der Waals surface area contributed by atoms with Crippen LogP contribution >= 0.6 is 15.9 Å². The van der Waals surface area contributed by atoms with E-state index in [2.05, 4.69) is 20.9 Å². The molecule has 1 unspecified atom stereocenters. The number of pyridine rings is 1. The summed E-state index contributed by atoms with van der Waals surface area (Å²) < 4.78 is 0.900. The lowest BCUT2D eigenvalue weighted by Crippen LogP contribution is -2.34. The highest BCUT2D eigenvalue weighted by Gasteiger charge is 2.29. The minimum atomic E-state index is -0.361. The first-order valence-electron chi connectivity index (χ1n) is 4.37. The molecule has 5 heteroatoms. The normalized spacial score (nSPS) is 21.7. The summed E-state index contributed by atoms with van der Waals surface area (Å²) in [6.07, 6.45) is 2.38. The van der Waals surface area contributed by atoms with E-state index in [4.69, 9.17) is 5.73 Å². The van der Waals surface area contributed by atoms with Crippen molar-refractivity contribution in [3.63, 3.8) is 0 Å². The molecule has 1 aromatic rings. The van der Waals surface area contributed by atoms with Crippen LogP contribution in [0.5, 0.6) is 0 Å². The van der Waals surface area contributed by atoms with Gasteiger partial charge in [-0.2, -0.15) is 0 Å². The first-order valence-corrected chi connectivity index (χ1v) is 5.16. The molecular weight excluding hydrogens is 246 g/mol. The molecular formula is C9H10BrN3O. The van der Waals surface area contributed by atoms with Gasteiger partial charge in [-0.3, -0.25) is 9.69 Å². The van der Waals surface area contributed by atoms with Gasteiger partial charge in [-0.15, -0.1) is 0 Å². The molecule has 74 valence electrons. The molecule has 0 aliphatic carbocycles. The van der Waals surface area contributed by atoms with E-state index in [-0.39, 0.29) is 11.9 Å². The average Bonchev–Trinajstić information content (AvgIpc) is 2.50. The Bertz CT molecular complexity index is 352. The molecule has 1 amide bonds. The van der Waals surface area contributed by atoms with Gasteiger partial charge in [-0.1, -0.05) is 0 Å². The van der Waals surface area contributed by atoms with Crippen LogP contribution in [0.1, 0.15) is 6.42 Å². The quantitative estimate of drug-likeness (QED) is 0.812. The van der Waals surface area contributed by atoms with Crippen LogP contribution in [0.25, 0.3) is 0 Å². The number of halogens is 1. The van der Waals surface area contributed by atoms with Gasteiger partial charge in [0.25, 0.3) is 0 Å². The highest BCUT2D eigenvalue weighted by Crippen LogP contribution is 2.19. The maximum Gasteiger partial charge on any atom is 0.245 e. The van der Waals surface area contributed by atoms with Gasteiger partial charge in [-0.25, -0.2) is 4.98 Å². The van der Waals surface area contributed by atoms with Crippen LogP contribution in [-0.2, 0) is 4.79 Å². The number of carbonyl (C=O) groups is 1. The van der Waals surface area contributed by atoms with Gasteiger partial charge >= 0.3 is 0 Å². The van der Waals surface area contributed by atoms with Crippen LogP contribution < -0.4 is 10.6 Å². The second-order valence-corrected chi connectivity index (χ2v) is 4.14. The number of anilines is 1. The van der Waals surface area contributed by atoms with Crippen LogP contribution in [0, 0.1) is 0 Å². The lowest BCUT2D eigenvalue weighted by atomic mass is 10.3. The van der Waals surface area contributed by atoms with Crippen LogP contribution in [0.3, 0.4) is 0 Å². The summed E-state index contributed by atoms with van der Waals surface area (Å²) in [5, 5.41) is 0. The predicted octanol–water partition coefficient (Wildman–Crippen LogP) is 0.908. The highest BCUT2D eigenvalue weighted by molar-refractivity contribution is 9.10. The van der Waals surface area contributed by atoms with Crippen LogP contribution in [0.2, 0.25) is 0 Å². The molecule has 1 fully saturated rings. The third-order valence-corrected chi connectivity index (χ3v) is 2.70. The van der Waals surface area contributed by atoms with Crippen molar-refractivity contribution in [3.8, 4) is 0 Å². The maximum absolute atomic E-state index is 11.5. The Morgan fingerprint density at radius 3 is 2.86 bits per heavy atom. The Balaban J connectivity index is 2.24. The molecule has 0 saturated carbocycles. The Labute approximate surface area is 90.2 Å². The lowest BCUT2D eigenvalue weighted by Gasteiger charge is -2.14. The zero-order chi connectivity index (χ0) is 10.1. The molecule has 2 rings (SSSR count). The fraction of sp³-hybridized carbons (Fsp3) is 0.333. The number of hydrogen-bond acceptors (Lipinski definition) is 3.